The van der Waals surface area contributed by atoms with Crippen LogP contribution in [-0.4, -0.2) is 65.8 Å². The van der Waals surface area contributed by atoms with Crippen molar-refractivity contribution >= 4 is 21.1 Å². The van der Waals surface area contributed by atoms with Gasteiger partial charge in [-0.1, -0.05) is 11.6 Å². The molecule has 4 rings (SSSR count). The molecule has 0 radical (unpaired) electrons. The summed E-state index contributed by atoms with van der Waals surface area (Å²) in [5, 5.41) is 1.28. The van der Waals surface area contributed by atoms with Crippen molar-refractivity contribution in [2.24, 2.45) is 7.05 Å². The standard InChI is InChI=1S/C19H28N4O2S/c1-16-5-6-19-17(13-16)14-18(20(19)2)15-21-9-11-23(12-10-21)26(24,25)22-7-3-4-8-22/h5-6,13-14H,3-4,7-12,15H2,1-2H3. The zero-order valence-corrected chi connectivity index (χ0v) is 16.5. The summed E-state index contributed by atoms with van der Waals surface area (Å²) in [6, 6.07) is 8.80. The van der Waals surface area contributed by atoms with Crippen molar-refractivity contribution in [1.29, 1.82) is 0 Å². The maximum atomic E-state index is 12.7. The Balaban J connectivity index is 1.42. The van der Waals surface area contributed by atoms with Gasteiger partial charge in [-0.25, -0.2) is 0 Å². The molecular formula is C19H28N4O2S. The Morgan fingerprint density at radius 2 is 1.58 bits per heavy atom. The summed E-state index contributed by atoms with van der Waals surface area (Å²) in [7, 11) is -1.14. The Morgan fingerprint density at radius 1 is 0.923 bits per heavy atom. The number of hydrogen-bond acceptors (Lipinski definition) is 3. The molecule has 2 saturated heterocycles. The second kappa shape index (κ2) is 6.96. The predicted molar refractivity (Wildman–Crippen MR) is 104 cm³/mol. The lowest BCUT2D eigenvalue weighted by atomic mass is 10.2. The van der Waals surface area contributed by atoms with Gasteiger partial charge in [-0.3, -0.25) is 4.90 Å². The van der Waals surface area contributed by atoms with Gasteiger partial charge in [-0.05, 0) is 38.0 Å². The van der Waals surface area contributed by atoms with Gasteiger partial charge in [0.1, 0.15) is 0 Å². The van der Waals surface area contributed by atoms with E-state index in [1.54, 1.807) is 8.61 Å². The molecule has 0 amide bonds. The normalized spacial score (nSPS) is 21.0. The maximum Gasteiger partial charge on any atom is 0.282 e. The molecule has 0 saturated carbocycles. The number of aromatic nitrogens is 1. The molecule has 2 aliphatic rings. The van der Waals surface area contributed by atoms with E-state index in [4.69, 9.17) is 0 Å². The summed E-state index contributed by atoms with van der Waals surface area (Å²) in [6.45, 7) is 7.08. The monoisotopic (exact) mass is 376 g/mol. The van der Waals surface area contributed by atoms with Crippen LogP contribution in [0.4, 0.5) is 0 Å². The lowest BCUT2D eigenvalue weighted by molar-refractivity contribution is 0.173. The number of nitrogens with zero attached hydrogens (tertiary/aromatic N) is 4. The van der Waals surface area contributed by atoms with Crippen LogP contribution in [0.2, 0.25) is 0 Å². The highest BCUT2D eigenvalue weighted by atomic mass is 32.2. The summed E-state index contributed by atoms with van der Waals surface area (Å²) in [5.74, 6) is 0. The van der Waals surface area contributed by atoms with Crippen LogP contribution < -0.4 is 0 Å². The first-order chi connectivity index (χ1) is 12.4. The van der Waals surface area contributed by atoms with Crippen LogP contribution in [0, 0.1) is 6.92 Å². The van der Waals surface area contributed by atoms with Crippen LogP contribution in [-0.2, 0) is 23.8 Å². The van der Waals surface area contributed by atoms with E-state index in [1.165, 1.54) is 22.2 Å². The first-order valence-corrected chi connectivity index (χ1v) is 10.9. The second-order valence-electron chi connectivity index (χ2n) is 7.55. The number of benzene rings is 1. The minimum absolute atomic E-state index is 0.585. The SMILES string of the molecule is Cc1ccc2c(c1)cc(CN1CCN(S(=O)(=O)N3CCCC3)CC1)n2C. The number of aryl methyl sites for hydroxylation is 2. The van der Waals surface area contributed by atoms with Gasteiger partial charge in [0, 0.05) is 69.5 Å². The van der Waals surface area contributed by atoms with Gasteiger partial charge in [-0.2, -0.15) is 17.0 Å². The fraction of sp³-hybridized carbons (Fsp3) is 0.579. The molecule has 1 aromatic carbocycles. The zero-order valence-electron chi connectivity index (χ0n) is 15.7. The van der Waals surface area contributed by atoms with Crippen molar-refractivity contribution in [2.75, 3.05) is 39.3 Å². The second-order valence-corrected chi connectivity index (χ2v) is 9.47. The van der Waals surface area contributed by atoms with Crippen molar-refractivity contribution in [3.05, 3.63) is 35.5 Å². The lowest BCUT2D eigenvalue weighted by Crippen LogP contribution is -2.52. The van der Waals surface area contributed by atoms with E-state index in [0.717, 1.165) is 32.5 Å². The number of rotatable bonds is 4. The highest BCUT2D eigenvalue weighted by Gasteiger charge is 2.33. The molecule has 2 aliphatic heterocycles. The van der Waals surface area contributed by atoms with Crippen LogP contribution in [0.25, 0.3) is 10.9 Å². The highest BCUT2D eigenvalue weighted by Crippen LogP contribution is 2.23. The molecule has 0 N–H and O–H groups in total. The average molecular weight is 377 g/mol. The van der Waals surface area contributed by atoms with Crippen LogP contribution in [0.5, 0.6) is 0 Å². The third-order valence-corrected chi connectivity index (χ3v) is 7.77. The molecule has 0 bridgehead atoms. The summed E-state index contributed by atoms with van der Waals surface area (Å²) < 4.78 is 30.9. The first kappa shape index (κ1) is 18.0. The number of hydrogen-bond donors (Lipinski definition) is 0. The molecule has 0 aliphatic carbocycles. The third kappa shape index (κ3) is 3.29. The summed E-state index contributed by atoms with van der Waals surface area (Å²) in [4.78, 5) is 2.36. The largest absolute Gasteiger partial charge is 0.346 e. The Kier molecular flexibility index (Phi) is 4.81. The van der Waals surface area contributed by atoms with E-state index in [9.17, 15) is 8.42 Å². The fourth-order valence-corrected chi connectivity index (χ4v) is 5.78. The Morgan fingerprint density at radius 3 is 2.27 bits per heavy atom. The molecule has 26 heavy (non-hydrogen) atoms. The minimum Gasteiger partial charge on any atom is -0.346 e. The van der Waals surface area contributed by atoms with E-state index in [0.29, 0.717) is 26.2 Å². The predicted octanol–water partition coefficient (Wildman–Crippen LogP) is 1.94. The summed E-state index contributed by atoms with van der Waals surface area (Å²) in [5.41, 5.74) is 3.80. The minimum atomic E-state index is -3.26. The van der Waals surface area contributed by atoms with Crippen LogP contribution >= 0.6 is 0 Å². The smallest absolute Gasteiger partial charge is 0.282 e. The summed E-state index contributed by atoms with van der Waals surface area (Å²) in [6.07, 6.45) is 1.97. The van der Waals surface area contributed by atoms with Gasteiger partial charge in [-0.15, -0.1) is 0 Å². The molecule has 7 heteroatoms. The molecule has 0 unspecified atom stereocenters. The topological polar surface area (TPSA) is 48.8 Å². The Bertz CT molecular complexity index is 892. The van der Waals surface area contributed by atoms with Crippen LogP contribution in [0.3, 0.4) is 0 Å². The van der Waals surface area contributed by atoms with E-state index in [2.05, 4.69) is 47.7 Å². The van der Waals surface area contributed by atoms with E-state index < -0.39 is 10.2 Å². The summed E-state index contributed by atoms with van der Waals surface area (Å²) >= 11 is 0. The van der Waals surface area contributed by atoms with Crippen molar-refractivity contribution in [2.45, 2.75) is 26.3 Å². The quantitative estimate of drug-likeness (QED) is 0.819. The van der Waals surface area contributed by atoms with Gasteiger partial charge in [0.05, 0.1) is 0 Å². The first-order valence-electron chi connectivity index (χ1n) is 9.48. The Hall–Kier alpha value is -1.41. The van der Waals surface area contributed by atoms with Gasteiger partial charge < -0.3 is 4.57 Å². The number of fused-ring (bicyclic) bond motifs is 1. The van der Waals surface area contributed by atoms with E-state index in [1.807, 2.05) is 0 Å². The molecule has 0 atom stereocenters. The molecule has 0 spiro atoms. The van der Waals surface area contributed by atoms with Crippen molar-refractivity contribution < 1.29 is 8.42 Å². The van der Waals surface area contributed by atoms with Crippen LogP contribution in [0.1, 0.15) is 24.1 Å². The maximum absolute atomic E-state index is 12.7. The van der Waals surface area contributed by atoms with E-state index >= 15 is 0 Å². The zero-order chi connectivity index (χ0) is 18.3. The molecule has 2 aromatic rings. The third-order valence-electron chi connectivity index (χ3n) is 5.73. The van der Waals surface area contributed by atoms with Gasteiger partial charge >= 0.3 is 0 Å². The molecule has 2 fully saturated rings. The van der Waals surface area contributed by atoms with E-state index in [-0.39, 0.29) is 0 Å². The highest BCUT2D eigenvalue weighted by molar-refractivity contribution is 7.86. The molecule has 1 aromatic heterocycles. The lowest BCUT2D eigenvalue weighted by Gasteiger charge is -2.35. The fourth-order valence-electron chi connectivity index (χ4n) is 4.11. The number of piperazine rings is 1. The molecule has 6 nitrogen and oxygen atoms in total. The van der Waals surface area contributed by atoms with Gasteiger partial charge in [0.2, 0.25) is 0 Å². The van der Waals surface area contributed by atoms with Crippen molar-refractivity contribution in [1.82, 2.24) is 18.1 Å². The van der Waals surface area contributed by atoms with Crippen LogP contribution in [0.15, 0.2) is 24.3 Å². The average Bonchev–Trinajstić information content (AvgIpc) is 3.25. The van der Waals surface area contributed by atoms with Gasteiger partial charge in [0.15, 0.2) is 0 Å². The molecule has 3 heterocycles. The Labute approximate surface area is 156 Å². The molecule has 142 valence electrons. The molecular weight excluding hydrogens is 348 g/mol. The van der Waals surface area contributed by atoms with Crippen molar-refractivity contribution in [3.63, 3.8) is 0 Å². The van der Waals surface area contributed by atoms with Crippen molar-refractivity contribution in [3.8, 4) is 0 Å². The van der Waals surface area contributed by atoms with Gasteiger partial charge in [0.25, 0.3) is 10.2 Å².